The maximum Gasteiger partial charge on any atom is 0.248 e. The molecule has 4 aromatic rings. The molecule has 152 valence electrons. The zero-order chi connectivity index (χ0) is 20.4. The molecular formula is C21H19ClN6O2. The third kappa shape index (κ3) is 4.56. The number of H-pyrrole nitrogens is 1. The van der Waals surface area contributed by atoms with Crippen LogP contribution in [0, 0.1) is 6.92 Å². The standard InChI is InChI=1S/C21H18N6O2.ClH/c1-12-9-19(28)26-17-11-15(5-6-16(12)17)24-18-7-8-23-21(27-18)25-14-4-2-3-13(10-14)20(22)29;/h2-11H,1H3,(H2,22,29)(H,26,28)(H2,23,24,25,27);1H. The Morgan fingerprint density at radius 1 is 1.03 bits per heavy atom. The SMILES string of the molecule is Cc1cc(=O)[nH]c2cc(Nc3ccnc(Nc4cccc(C(N)=O)c4)n3)ccc12.Cl. The van der Waals surface area contributed by atoms with E-state index in [4.69, 9.17) is 5.73 Å². The van der Waals surface area contributed by atoms with Crippen molar-refractivity contribution in [2.24, 2.45) is 5.73 Å². The first kappa shape index (κ1) is 20.8. The largest absolute Gasteiger partial charge is 0.366 e. The summed E-state index contributed by atoms with van der Waals surface area (Å²) in [6.07, 6.45) is 1.61. The first-order valence-corrected chi connectivity index (χ1v) is 8.88. The summed E-state index contributed by atoms with van der Waals surface area (Å²) in [6, 6.07) is 15.8. The van der Waals surface area contributed by atoms with Crippen LogP contribution in [0.15, 0.2) is 65.6 Å². The first-order chi connectivity index (χ1) is 14.0. The van der Waals surface area contributed by atoms with E-state index in [1.165, 1.54) is 0 Å². The van der Waals surface area contributed by atoms with E-state index in [1.807, 2.05) is 25.1 Å². The van der Waals surface area contributed by atoms with Crippen molar-refractivity contribution in [1.82, 2.24) is 15.0 Å². The fourth-order valence-corrected chi connectivity index (χ4v) is 3.03. The molecule has 0 bridgehead atoms. The van der Waals surface area contributed by atoms with Crippen LogP contribution in [0.1, 0.15) is 15.9 Å². The van der Waals surface area contributed by atoms with Gasteiger partial charge in [0.05, 0.1) is 5.52 Å². The lowest BCUT2D eigenvalue weighted by Gasteiger charge is -2.10. The molecule has 0 fully saturated rings. The number of halogens is 1. The number of carbonyl (C=O) groups excluding carboxylic acids is 1. The Labute approximate surface area is 178 Å². The topological polar surface area (TPSA) is 126 Å². The number of rotatable bonds is 5. The highest BCUT2D eigenvalue weighted by Gasteiger charge is 2.06. The molecule has 2 aromatic carbocycles. The number of nitrogens with two attached hydrogens (primary N) is 1. The number of hydrogen-bond donors (Lipinski definition) is 4. The van der Waals surface area contributed by atoms with Crippen LogP contribution in [0.4, 0.5) is 23.1 Å². The summed E-state index contributed by atoms with van der Waals surface area (Å²) in [4.78, 5) is 34.5. The second kappa shape index (κ2) is 8.62. The van der Waals surface area contributed by atoms with Gasteiger partial charge in [-0.3, -0.25) is 9.59 Å². The molecule has 0 saturated carbocycles. The minimum Gasteiger partial charge on any atom is -0.366 e. The number of aryl methyl sites for hydroxylation is 1. The van der Waals surface area contributed by atoms with Gasteiger partial charge in [0.1, 0.15) is 5.82 Å². The molecule has 0 aliphatic carbocycles. The van der Waals surface area contributed by atoms with Crippen molar-refractivity contribution < 1.29 is 4.79 Å². The summed E-state index contributed by atoms with van der Waals surface area (Å²) in [7, 11) is 0. The van der Waals surface area contributed by atoms with Crippen LogP contribution in [-0.2, 0) is 0 Å². The van der Waals surface area contributed by atoms with Gasteiger partial charge in [0.25, 0.3) is 0 Å². The molecule has 5 N–H and O–H groups in total. The van der Waals surface area contributed by atoms with E-state index < -0.39 is 5.91 Å². The molecule has 2 aromatic heterocycles. The number of primary amides is 1. The zero-order valence-corrected chi connectivity index (χ0v) is 16.8. The van der Waals surface area contributed by atoms with Gasteiger partial charge in [0, 0.05) is 34.6 Å². The van der Waals surface area contributed by atoms with E-state index in [9.17, 15) is 9.59 Å². The molecule has 0 radical (unpaired) electrons. The molecule has 0 unspecified atom stereocenters. The van der Waals surface area contributed by atoms with Gasteiger partial charge < -0.3 is 21.4 Å². The van der Waals surface area contributed by atoms with Crippen LogP contribution in [0.5, 0.6) is 0 Å². The minimum absolute atomic E-state index is 0. The minimum atomic E-state index is -0.505. The number of nitrogens with zero attached hydrogens (tertiary/aromatic N) is 2. The highest BCUT2D eigenvalue weighted by molar-refractivity contribution is 5.93. The molecule has 0 aliphatic heterocycles. The number of anilines is 4. The molecule has 4 rings (SSSR count). The van der Waals surface area contributed by atoms with E-state index in [2.05, 4.69) is 25.6 Å². The fourth-order valence-electron chi connectivity index (χ4n) is 3.03. The molecule has 8 nitrogen and oxygen atoms in total. The summed E-state index contributed by atoms with van der Waals surface area (Å²) in [5.74, 6) is 0.430. The summed E-state index contributed by atoms with van der Waals surface area (Å²) in [5, 5.41) is 7.24. The van der Waals surface area contributed by atoms with E-state index >= 15 is 0 Å². The number of carbonyl (C=O) groups is 1. The highest BCUT2D eigenvalue weighted by atomic mass is 35.5. The average Bonchev–Trinajstić information content (AvgIpc) is 2.68. The summed E-state index contributed by atoms with van der Waals surface area (Å²) >= 11 is 0. The van der Waals surface area contributed by atoms with Gasteiger partial charge in [-0.15, -0.1) is 12.4 Å². The van der Waals surface area contributed by atoms with Crippen LogP contribution in [-0.4, -0.2) is 20.9 Å². The number of aromatic amines is 1. The van der Waals surface area contributed by atoms with Gasteiger partial charge in [-0.2, -0.15) is 4.98 Å². The van der Waals surface area contributed by atoms with Crippen molar-refractivity contribution in [2.45, 2.75) is 6.92 Å². The van der Waals surface area contributed by atoms with Crippen molar-refractivity contribution in [1.29, 1.82) is 0 Å². The number of amides is 1. The van der Waals surface area contributed by atoms with Crippen LogP contribution in [0.25, 0.3) is 10.9 Å². The Kier molecular flexibility index (Phi) is 5.98. The monoisotopic (exact) mass is 422 g/mol. The van der Waals surface area contributed by atoms with Gasteiger partial charge in [-0.1, -0.05) is 12.1 Å². The molecule has 0 saturated heterocycles. The Morgan fingerprint density at radius 2 is 1.83 bits per heavy atom. The summed E-state index contributed by atoms with van der Waals surface area (Å²) < 4.78 is 0. The van der Waals surface area contributed by atoms with Gasteiger partial charge in [0.15, 0.2) is 0 Å². The smallest absolute Gasteiger partial charge is 0.248 e. The van der Waals surface area contributed by atoms with E-state index in [0.29, 0.717) is 23.0 Å². The lowest BCUT2D eigenvalue weighted by molar-refractivity contribution is 0.100. The van der Waals surface area contributed by atoms with Gasteiger partial charge in [0.2, 0.25) is 17.4 Å². The lowest BCUT2D eigenvalue weighted by atomic mass is 10.1. The first-order valence-electron chi connectivity index (χ1n) is 8.88. The maximum atomic E-state index is 11.7. The van der Waals surface area contributed by atoms with E-state index in [0.717, 1.165) is 22.2 Å². The predicted molar refractivity (Wildman–Crippen MR) is 120 cm³/mol. The Morgan fingerprint density at radius 3 is 2.63 bits per heavy atom. The van der Waals surface area contributed by atoms with Gasteiger partial charge in [-0.25, -0.2) is 4.98 Å². The predicted octanol–water partition coefficient (Wildman–Crippen LogP) is 3.63. The Balaban J connectivity index is 0.00000256. The molecule has 0 atom stereocenters. The van der Waals surface area contributed by atoms with Gasteiger partial charge >= 0.3 is 0 Å². The molecule has 2 heterocycles. The third-order valence-corrected chi connectivity index (χ3v) is 4.38. The normalized spacial score (nSPS) is 10.3. The van der Waals surface area contributed by atoms with Gasteiger partial charge in [-0.05, 0) is 48.9 Å². The molecule has 9 heteroatoms. The number of aromatic nitrogens is 3. The molecule has 30 heavy (non-hydrogen) atoms. The summed E-state index contributed by atoms with van der Waals surface area (Å²) in [5.41, 5.74) is 8.66. The highest BCUT2D eigenvalue weighted by Crippen LogP contribution is 2.22. The molecule has 0 spiro atoms. The van der Waals surface area contributed by atoms with E-state index in [-0.39, 0.29) is 18.0 Å². The van der Waals surface area contributed by atoms with E-state index in [1.54, 1.807) is 42.6 Å². The summed E-state index contributed by atoms with van der Waals surface area (Å²) in [6.45, 7) is 1.90. The maximum absolute atomic E-state index is 11.7. The fraction of sp³-hybridized carbons (Fsp3) is 0.0476. The lowest BCUT2D eigenvalue weighted by Crippen LogP contribution is -2.11. The molecule has 1 amide bonds. The van der Waals surface area contributed by atoms with Crippen LogP contribution >= 0.6 is 12.4 Å². The number of benzene rings is 2. The average molecular weight is 423 g/mol. The van der Waals surface area contributed by atoms with Crippen molar-refractivity contribution in [2.75, 3.05) is 10.6 Å². The molecule has 0 aliphatic rings. The second-order valence-electron chi connectivity index (χ2n) is 6.54. The van der Waals surface area contributed by atoms with Crippen molar-refractivity contribution in [3.63, 3.8) is 0 Å². The molecular weight excluding hydrogens is 404 g/mol. The van der Waals surface area contributed by atoms with Crippen molar-refractivity contribution in [3.8, 4) is 0 Å². The second-order valence-corrected chi connectivity index (χ2v) is 6.54. The van der Waals surface area contributed by atoms with Crippen LogP contribution < -0.4 is 21.9 Å². The van der Waals surface area contributed by atoms with Crippen LogP contribution in [0.2, 0.25) is 0 Å². The Hall–Kier alpha value is -3.91. The van der Waals surface area contributed by atoms with Crippen molar-refractivity contribution >= 4 is 52.4 Å². The van der Waals surface area contributed by atoms with Crippen LogP contribution in [0.3, 0.4) is 0 Å². The Bertz CT molecular complexity index is 1290. The number of pyridine rings is 1. The number of hydrogen-bond acceptors (Lipinski definition) is 6. The van der Waals surface area contributed by atoms with Crippen molar-refractivity contribution in [3.05, 3.63) is 82.3 Å². The number of nitrogens with one attached hydrogen (secondary N) is 3. The quantitative estimate of drug-likeness (QED) is 0.389. The third-order valence-electron chi connectivity index (χ3n) is 4.38. The zero-order valence-electron chi connectivity index (χ0n) is 16.0. The number of fused-ring (bicyclic) bond motifs is 1.